The lowest BCUT2D eigenvalue weighted by Gasteiger charge is -2.14. The van der Waals surface area contributed by atoms with Crippen molar-refractivity contribution in [3.05, 3.63) is 286 Å². The van der Waals surface area contributed by atoms with Crippen LogP contribution in [-0.4, -0.2) is 131 Å². The maximum atomic E-state index is 12.6. The van der Waals surface area contributed by atoms with Crippen molar-refractivity contribution in [2.75, 3.05) is 25.9 Å². The van der Waals surface area contributed by atoms with Crippen molar-refractivity contribution in [1.82, 2.24) is 76.6 Å². The predicted molar refractivity (Wildman–Crippen MR) is 466 cm³/mol. The van der Waals surface area contributed by atoms with Gasteiger partial charge in [-0.1, -0.05) is 196 Å². The van der Waals surface area contributed by atoms with Gasteiger partial charge in [0.25, 0.3) is 0 Å². The van der Waals surface area contributed by atoms with E-state index in [1.54, 1.807) is 43.9 Å². The molecule has 596 valence electrons. The van der Waals surface area contributed by atoms with Gasteiger partial charge in [0.2, 0.25) is 0 Å². The van der Waals surface area contributed by atoms with Crippen LogP contribution < -0.4 is 0 Å². The van der Waals surface area contributed by atoms with Gasteiger partial charge in [-0.2, -0.15) is 37.9 Å². The summed E-state index contributed by atoms with van der Waals surface area (Å²) in [6.07, 6.45) is 1.88. The van der Waals surface area contributed by atoms with Crippen LogP contribution in [0.15, 0.2) is 218 Å². The van der Waals surface area contributed by atoms with Crippen LogP contribution in [0.5, 0.6) is 0 Å². The number of carbonyl (C=O) groups is 4. The number of rotatable bonds is 21. The standard InChI is InChI=1S/C24H24N4O2S2.C24H24N4O2S.C21H18N4O2S.C20H16N4O2S/c1-15(2)18-10-5-6-11-20(18)28-21(13-19(26-28)24(29)30-14-31-4)23-25-22(27-32-23)17-9-7-8-16(3)12-17;1-5-30-24(29)19-14-21(28(26-19)20-12-7-6-11-18(20)15(2)3)23-25-22(27-31-23)17-10-8-9-16(4)13-17;1-13-7-6-9-15(11-13)19-22-20(28-24-19)18-12-16(21(26)27-3)23-25(18)17-10-5-4-8-14(17)2;1-12-6-5-8-14(10-12)18-21-19(27-23-18)17-11-15(20(25)26)22-24(17)16-9-4-3-7-13(16)2/h5-13,15H,14H2,1-4H3;6-15H,5H2,1-4H3;4-12H,1-3H3;3-11H,1-2H3,(H,25,26). The zero-order valence-corrected chi connectivity index (χ0v) is 70.9. The Balaban J connectivity index is 0.000000137. The molecule has 0 unspecified atom stereocenters. The van der Waals surface area contributed by atoms with Crippen LogP contribution in [0.2, 0.25) is 0 Å². The fraction of sp³-hybridized carbons (Fsp3) is 0.191. The summed E-state index contributed by atoms with van der Waals surface area (Å²) in [5, 5.41) is 30.0. The maximum Gasteiger partial charge on any atom is 0.359 e. The predicted octanol–water partition coefficient (Wildman–Crippen LogP) is 20.5. The molecule has 8 heterocycles. The first-order chi connectivity index (χ1) is 57.0. The summed E-state index contributed by atoms with van der Waals surface area (Å²) in [6, 6.07) is 70.5. The number of carboxylic acids is 1. The van der Waals surface area contributed by atoms with Crippen molar-refractivity contribution in [1.29, 1.82) is 0 Å². The number of hydrogen-bond acceptors (Lipinski definition) is 24. The maximum absolute atomic E-state index is 12.6. The highest BCUT2D eigenvalue weighted by molar-refractivity contribution is 7.98. The molecule has 0 aliphatic carbocycles. The van der Waals surface area contributed by atoms with Gasteiger partial charge in [-0.15, -0.1) is 11.8 Å². The van der Waals surface area contributed by atoms with Gasteiger partial charge in [0.05, 0.1) is 36.5 Å². The quantitative estimate of drug-likeness (QED) is 0.0397. The first-order valence-electron chi connectivity index (χ1n) is 37.5. The van der Waals surface area contributed by atoms with E-state index in [9.17, 15) is 24.3 Å². The number of ether oxygens (including phenoxy) is 3. The van der Waals surface area contributed by atoms with E-state index in [4.69, 9.17) is 29.2 Å². The van der Waals surface area contributed by atoms with E-state index >= 15 is 0 Å². The molecule has 16 aromatic rings. The highest BCUT2D eigenvalue weighted by Crippen LogP contribution is 2.37. The van der Waals surface area contributed by atoms with Gasteiger partial charge in [0, 0.05) is 46.5 Å². The van der Waals surface area contributed by atoms with E-state index in [1.165, 1.54) is 71.1 Å². The summed E-state index contributed by atoms with van der Waals surface area (Å²) in [5.41, 5.74) is 19.6. The second-order valence-corrected chi connectivity index (χ2v) is 31.7. The van der Waals surface area contributed by atoms with Crippen LogP contribution in [0, 0.1) is 41.5 Å². The molecule has 24 nitrogen and oxygen atoms in total. The Labute approximate surface area is 702 Å². The van der Waals surface area contributed by atoms with Gasteiger partial charge in [-0.05, 0) is 183 Å². The molecule has 8 aromatic carbocycles. The lowest BCUT2D eigenvalue weighted by Crippen LogP contribution is -2.08. The van der Waals surface area contributed by atoms with Gasteiger partial charge in [0.1, 0.15) is 28.7 Å². The van der Waals surface area contributed by atoms with Gasteiger partial charge in [-0.3, -0.25) is 0 Å². The summed E-state index contributed by atoms with van der Waals surface area (Å²) >= 11 is 6.53. The summed E-state index contributed by atoms with van der Waals surface area (Å²) in [6.45, 7) is 22.7. The number of aryl methyl sites for hydroxylation is 6. The molecule has 16 rings (SSSR count). The molecule has 0 saturated heterocycles. The zero-order chi connectivity index (χ0) is 83.3. The number of aromatic nitrogens is 16. The molecule has 118 heavy (non-hydrogen) atoms. The summed E-state index contributed by atoms with van der Waals surface area (Å²) in [5.74, 6) is 0.969. The lowest BCUT2D eigenvalue weighted by molar-refractivity contribution is 0.0516. The summed E-state index contributed by atoms with van der Waals surface area (Å²) in [4.78, 5) is 67.4. The molecule has 1 N–H and O–H groups in total. The first-order valence-corrected chi connectivity index (χ1v) is 42.0. The molecule has 0 amide bonds. The number of esters is 3. The lowest BCUT2D eigenvalue weighted by atomic mass is 10.0. The number of aromatic carboxylic acids is 1. The third kappa shape index (κ3) is 19.3. The van der Waals surface area contributed by atoms with Crippen LogP contribution >= 0.6 is 57.9 Å². The number of para-hydroxylation sites is 4. The van der Waals surface area contributed by atoms with Crippen molar-refractivity contribution >= 4 is 81.8 Å². The van der Waals surface area contributed by atoms with Gasteiger partial charge >= 0.3 is 23.9 Å². The molecular formula is C89H82N16O8S5. The zero-order valence-electron chi connectivity index (χ0n) is 66.9. The van der Waals surface area contributed by atoms with Gasteiger partial charge < -0.3 is 19.3 Å². The number of nitrogens with zero attached hydrogens (tertiary/aromatic N) is 16. The van der Waals surface area contributed by atoms with Crippen LogP contribution in [0.1, 0.15) is 133 Å². The monoisotopic (exact) mass is 1660 g/mol. The number of carboxylic acid groups (broad SMARTS) is 1. The SMILES string of the molecule is CCOC(=O)c1cc(-c2nc(-c3cccc(C)c3)ns2)n(-c2ccccc2C(C)C)n1.COC(=O)c1cc(-c2nc(-c3cccc(C)c3)ns2)n(-c2ccccc2C)n1.CSCOC(=O)c1cc(-c2nc(-c3cccc(C)c3)ns2)n(-c2ccccc2C(C)C)n1.Cc1cccc(-c2nsc(-c3cc(C(=O)O)nn3-c3ccccc3C)n2)c1. The highest BCUT2D eigenvalue weighted by atomic mass is 32.2. The number of carbonyl (C=O) groups excluding carboxylic acids is 3. The Morgan fingerprint density at radius 3 is 0.983 bits per heavy atom. The Bertz CT molecular complexity index is 6280. The summed E-state index contributed by atoms with van der Waals surface area (Å²) in [7, 11) is 1.34. The van der Waals surface area contributed by atoms with Crippen molar-refractivity contribution in [3.8, 4) is 111 Å². The number of benzene rings is 8. The van der Waals surface area contributed by atoms with E-state index in [0.717, 1.165) is 89.5 Å². The molecule has 0 aliphatic heterocycles. The van der Waals surface area contributed by atoms with Crippen molar-refractivity contribution in [2.45, 2.75) is 88.0 Å². The molecule has 29 heteroatoms. The Hall–Kier alpha value is -12.9. The molecule has 0 saturated carbocycles. The second kappa shape index (κ2) is 37.8. The Morgan fingerprint density at radius 1 is 0.381 bits per heavy atom. The molecule has 0 radical (unpaired) electrons. The smallest absolute Gasteiger partial charge is 0.359 e. The van der Waals surface area contributed by atoms with E-state index in [1.807, 2.05) is 218 Å². The molecule has 0 atom stereocenters. The van der Waals surface area contributed by atoms with Gasteiger partial charge in [0.15, 0.2) is 66.1 Å². The van der Waals surface area contributed by atoms with E-state index in [0.29, 0.717) is 72.7 Å². The van der Waals surface area contributed by atoms with E-state index in [-0.39, 0.29) is 40.6 Å². The number of hydrogen-bond donors (Lipinski definition) is 1. The number of thioether (sulfide) groups is 1. The van der Waals surface area contributed by atoms with E-state index < -0.39 is 23.9 Å². The topological polar surface area (TPSA) is 291 Å². The van der Waals surface area contributed by atoms with Crippen LogP contribution in [0.4, 0.5) is 0 Å². The van der Waals surface area contributed by atoms with Crippen LogP contribution in [0.25, 0.3) is 111 Å². The third-order valence-corrected chi connectivity index (χ3v) is 21.7. The van der Waals surface area contributed by atoms with Gasteiger partial charge in [-0.25, -0.2) is 57.8 Å². The van der Waals surface area contributed by atoms with Crippen LogP contribution in [0.3, 0.4) is 0 Å². The highest BCUT2D eigenvalue weighted by Gasteiger charge is 2.28. The third-order valence-electron chi connectivity index (χ3n) is 18.4. The second-order valence-electron chi connectivity index (χ2n) is 27.8. The molecule has 0 spiro atoms. The molecule has 0 fully saturated rings. The summed E-state index contributed by atoms with van der Waals surface area (Å²) < 4.78 is 40.3. The molecular weight excluding hydrogens is 1580 g/mol. The number of methoxy groups -OCH3 is 1. The normalized spacial score (nSPS) is 11.0. The minimum absolute atomic E-state index is 0.0273. The minimum atomic E-state index is -1.08. The fourth-order valence-corrected chi connectivity index (χ4v) is 15.6. The Morgan fingerprint density at radius 2 is 0.678 bits per heavy atom. The molecule has 8 aromatic heterocycles. The minimum Gasteiger partial charge on any atom is -0.476 e. The molecule has 0 bridgehead atoms. The average Bonchev–Trinajstić information content (AvgIpc) is 1.65. The van der Waals surface area contributed by atoms with Crippen LogP contribution in [-0.2, 0) is 14.2 Å². The van der Waals surface area contributed by atoms with Crippen molar-refractivity contribution in [3.63, 3.8) is 0 Å². The first kappa shape index (κ1) is 83.0. The average molecular weight is 1660 g/mol. The van der Waals surface area contributed by atoms with Crippen molar-refractivity contribution < 1.29 is 38.5 Å². The van der Waals surface area contributed by atoms with Crippen molar-refractivity contribution in [2.24, 2.45) is 0 Å². The Kier molecular flexibility index (Phi) is 26.6. The van der Waals surface area contributed by atoms with E-state index in [2.05, 4.69) is 94.8 Å². The largest absolute Gasteiger partial charge is 0.476 e. The molecule has 0 aliphatic rings. The fourth-order valence-electron chi connectivity index (χ4n) is 12.6.